The van der Waals surface area contributed by atoms with E-state index in [0.29, 0.717) is 25.9 Å². The Morgan fingerprint density at radius 3 is 2.38 bits per heavy atom. The van der Waals surface area contributed by atoms with Gasteiger partial charge >= 0.3 is 6.18 Å². The van der Waals surface area contributed by atoms with Crippen LogP contribution in [-0.4, -0.2) is 13.1 Å². The molecular formula is C14H15ClF4N2. The second-order valence-corrected chi connectivity index (χ2v) is 5.10. The van der Waals surface area contributed by atoms with Gasteiger partial charge in [0.1, 0.15) is 5.82 Å². The molecule has 0 bridgehead atoms. The molecule has 1 aromatic rings. The van der Waals surface area contributed by atoms with E-state index >= 15 is 0 Å². The Labute approximate surface area is 126 Å². The Balaban J connectivity index is 0.00000220. The standard InChI is InChI=1S/C14H14F4N2.ClH/c15-12-10(2-1-3-11(12)14(16,17)18)8-13(9-19)4-6-20-7-5-13;/h1-3,20H,4-8H2;1H. The Morgan fingerprint density at radius 1 is 1.24 bits per heavy atom. The van der Waals surface area contributed by atoms with E-state index in [4.69, 9.17) is 0 Å². The topological polar surface area (TPSA) is 35.8 Å². The van der Waals surface area contributed by atoms with Crippen molar-refractivity contribution in [3.63, 3.8) is 0 Å². The van der Waals surface area contributed by atoms with Gasteiger partial charge in [0, 0.05) is 0 Å². The first-order chi connectivity index (χ1) is 9.38. The smallest absolute Gasteiger partial charge is 0.317 e. The number of nitrogens with zero attached hydrogens (tertiary/aromatic N) is 1. The van der Waals surface area contributed by atoms with Crippen LogP contribution in [0.1, 0.15) is 24.0 Å². The van der Waals surface area contributed by atoms with Crippen LogP contribution in [0.15, 0.2) is 18.2 Å². The van der Waals surface area contributed by atoms with Gasteiger partial charge in [-0.3, -0.25) is 0 Å². The fourth-order valence-corrected chi connectivity index (χ4v) is 2.53. The van der Waals surface area contributed by atoms with Crippen LogP contribution in [0.25, 0.3) is 0 Å². The number of nitrogens with one attached hydrogen (secondary N) is 1. The normalized spacial score (nSPS) is 17.7. The Bertz CT molecular complexity index is 531. The summed E-state index contributed by atoms with van der Waals surface area (Å²) in [4.78, 5) is 0. The van der Waals surface area contributed by atoms with Crippen molar-refractivity contribution in [2.45, 2.75) is 25.4 Å². The van der Waals surface area contributed by atoms with Gasteiger partial charge in [0.15, 0.2) is 0 Å². The third kappa shape index (κ3) is 3.86. The molecule has 0 atom stereocenters. The van der Waals surface area contributed by atoms with E-state index in [9.17, 15) is 22.8 Å². The molecule has 1 saturated heterocycles. The van der Waals surface area contributed by atoms with Gasteiger partial charge < -0.3 is 5.32 Å². The average Bonchev–Trinajstić information content (AvgIpc) is 2.41. The minimum absolute atomic E-state index is 0. The van der Waals surface area contributed by atoms with Crippen LogP contribution in [0.3, 0.4) is 0 Å². The molecule has 1 aromatic carbocycles. The van der Waals surface area contributed by atoms with Crippen LogP contribution in [0.2, 0.25) is 0 Å². The maximum absolute atomic E-state index is 14.0. The minimum Gasteiger partial charge on any atom is -0.317 e. The lowest BCUT2D eigenvalue weighted by Crippen LogP contribution is -2.37. The van der Waals surface area contributed by atoms with Gasteiger partial charge in [0.2, 0.25) is 0 Å². The molecule has 0 radical (unpaired) electrons. The van der Waals surface area contributed by atoms with Gasteiger partial charge in [-0.05, 0) is 44.0 Å². The van der Waals surface area contributed by atoms with E-state index < -0.39 is 23.0 Å². The molecule has 0 saturated carbocycles. The molecule has 0 aliphatic carbocycles. The summed E-state index contributed by atoms with van der Waals surface area (Å²) in [5.41, 5.74) is -2.09. The van der Waals surface area contributed by atoms with Crippen molar-refractivity contribution < 1.29 is 17.6 Å². The predicted molar refractivity (Wildman–Crippen MR) is 72.5 cm³/mol. The Hall–Kier alpha value is -1.32. The molecule has 2 rings (SSSR count). The average molecular weight is 323 g/mol. The van der Waals surface area contributed by atoms with Gasteiger partial charge in [-0.15, -0.1) is 12.4 Å². The third-order valence-electron chi connectivity index (χ3n) is 3.71. The molecule has 0 aromatic heterocycles. The quantitative estimate of drug-likeness (QED) is 0.843. The van der Waals surface area contributed by atoms with E-state index in [1.807, 2.05) is 0 Å². The Morgan fingerprint density at radius 2 is 1.86 bits per heavy atom. The molecule has 0 spiro atoms. The van der Waals surface area contributed by atoms with E-state index in [0.717, 1.165) is 6.07 Å². The first-order valence-electron chi connectivity index (χ1n) is 6.34. The minimum atomic E-state index is -4.71. The van der Waals surface area contributed by atoms with E-state index in [-0.39, 0.29) is 24.4 Å². The van der Waals surface area contributed by atoms with Crippen molar-refractivity contribution in [2.75, 3.05) is 13.1 Å². The Kier molecular flexibility index (Phi) is 5.60. The number of nitriles is 1. The molecule has 116 valence electrons. The summed E-state index contributed by atoms with van der Waals surface area (Å²) >= 11 is 0. The second-order valence-electron chi connectivity index (χ2n) is 5.10. The summed E-state index contributed by atoms with van der Waals surface area (Å²) in [7, 11) is 0. The number of benzene rings is 1. The van der Waals surface area contributed by atoms with Gasteiger partial charge in [-0.2, -0.15) is 18.4 Å². The molecule has 2 nitrogen and oxygen atoms in total. The first kappa shape index (κ1) is 17.7. The van der Waals surface area contributed by atoms with E-state index in [1.54, 1.807) is 0 Å². The zero-order valence-electron chi connectivity index (χ0n) is 11.1. The third-order valence-corrected chi connectivity index (χ3v) is 3.71. The number of alkyl halides is 3. The second kappa shape index (κ2) is 6.63. The van der Waals surface area contributed by atoms with Gasteiger partial charge in [-0.25, -0.2) is 4.39 Å². The van der Waals surface area contributed by atoms with Crippen LogP contribution < -0.4 is 5.32 Å². The van der Waals surface area contributed by atoms with Gasteiger partial charge in [0.05, 0.1) is 17.0 Å². The van der Waals surface area contributed by atoms with Gasteiger partial charge in [0.25, 0.3) is 0 Å². The highest BCUT2D eigenvalue weighted by molar-refractivity contribution is 5.85. The van der Waals surface area contributed by atoms with Crippen LogP contribution in [-0.2, 0) is 12.6 Å². The SMILES string of the molecule is Cl.N#CC1(Cc2cccc(C(F)(F)F)c2F)CCNCC1. The summed E-state index contributed by atoms with van der Waals surface area (Å²) in [6.07, 6.45) is -3.67. The number of hydrogen-bond acceptors (Lipinski definition) is 2. The molecular weight excluding hydrogens is 308 g/mol. The number of halogens is 5. The van der Waals surface area contributed by atoms with E-state index in [2.05, 4.69) is 11.4 Å². The molecule has 1 aliphatic heterocycles. The zero-order chi connectivity index (χ0) is 14.8. The molecule has 21 heavy (non-hydrogen) atoms. The highest BCUT2D eigenvalue weighted by atomic mass is 35.5. The van der Waals surface area contributed by atoms with Crippen molar-refractivity contribution in [1.82, 2.24) is 5.32 Å². The van der Waals surface area contributed by atoms with E-state index in [1.165, 1.54) is 12.1 Å². The van der Waals surface area contributed by atoms with Crippen molar-refractivity contribution >= 4 is 12.4 Å². The zero-order valence-corrected chi connectivity index (χ0v) is 12.0. The van der Waals surface area contributed by atoms with Crippen LogP contribution >= 0.6 is 12.4 Å². The van der Waals surface area contributed by atoms with Crippen LogP contribution in [0.5, 0.6) is 0 Å². The number of rotatable bonds is 2. The van der Waals surface area contributed by atoms with Crippen LogP contribution in [0.4, 0.5) is 17.6 Å². The number of hydrogen-bond donors (Lipinski definition) is 1. The molecule has 1 N–H and O–H groups in total. The summed E-state index contributed by atoms with van der Waals surface area (Å²) in [5, 5.41) is 12.4. The lowest BCUT2D eigenvalue weighted by molar-refractivity contribution is -0.140. The summed E-state index contributed by atoms with van der Waals surface area (Å²) in [5.74, 6) is -1.26. The highest BCUT2D eigenvalue weighted by Gasteiger charge is 2.37. The van der Waals surface area contributed by atoms with Crippen LogP contribution in [0, 0.1) is 22.6 Å². The number of piperidine rings is 1. The fourth-order valence-electron chi connectivity index (χ4n) is 2.53. The highest BCUT2D eigenvalue weighted by Crippen LogP contribution is 2.36. The summed E-state index contributed by atoms with van der Waals surface area (Å²) in [6, 6.07) is 5.40. The molecule has 0 unspecified atom stereocenters. The van der Waals surface area contributed by atoms with Crippen molar-refractivity contribution in [3.05, 3.63) is 35.1 Å². The molecule has 0 amide bonds. The van der Waals surface area contributed by atoms with Crippen molar-refractivity contribution in [3.8, 4) is 6.07 Å². The van der Waals surface area contributed by atoms with Crippen molar-refractivity contribution in [2.24, 2.45) is 5.41 Å². The maximum atomic E-state index is 14.0. The monoisotopic (exact) mass is 322 g/mol. The lowest BCUT2D eigenvalue weighted by Gasteiger charge is -2.31. The lowest BCUT2D eigenvalue weighted by atomic mass is 9.75. The molecule has 1 heterocycles. The molecule has 1 aliphatic rings. The molecule has 1 fully saturated rings. The predicted octanol–water partition coefficient (Wildman–Crippen LogP) is 3.70. The summed E-state index contributed by atoms with van der Waals surface area (Å²) in [6.45, 7) is 1.24. The largest absolute Gasteiger partial charge is 0.419 e. The van der Waals surface area contributed by atoms with Crippen molar-refractivity contribution in [1.29, 1.82) is 5.26 Å². The fraction of sp³-hybridized carbons (Fsp3) is 0.500. The molecule has 7 heteroatoms. The first-order valence-corrected chi connectivity index (χ1v) is 6.34. The summed E-state index contributed by atoms with van der Waals surface area (Å²) < 4.78 is 52.0. The van der Waals surface area contributed by atoms with Gasteiger partial charge in [-0.1, -0.05) is 12.1 Å². The maximum Gasteiger partial charge on any atom is 0.419 e.